The van der Waals surface area contributed by atoms with Crippen LogP contribution in [0, 0.1) is 18.6 Å². The first-order valence-electron chi connectivity index (χ1n) is 19.7. The Morgan fingerprint density at radius 3 is 2.59 bits per heavy atom. The summed E-state index contributed by atoms with van der Waals surface area (Å²) in [4.78, 5) is 33.2. The summed E-state index contributed by atoms with van der Waals surface area (Å²) < 4.78 is 134. The number of ether oxygens (including phenoxy) is 2. The lowest BCUT2D eigenvalue weighted by Gasteiger charge is -2.48. The molecule has 6 aliphatic rings. The second-order valence-corrected chi connectivity index (χ2v) is 18.4. The van der Waals surface area contributed by atoms with Gasteiger partial charge in [0.25, 0.3) is 16.0 Å². The minimum Gasteiger partial charge on any atom is -0.472 e. The molecule has 3 aromatic rings. The summed E-state index contributed by atoms with van der Waals surface area (Å²) in [5.41, 5.74) is 0.0199. The lowest BCUT2D eigenvalue weighted by Crippen LogP contribution is -2.66. The number of aromatic nitrogens is 3. The summed E-state index contributed by atoms with van der Waals surface area (Å²) >= 11 is 0. The number of nitrogens with two attached hydrogens (primary N) is 1. The molecule has 5 fully saturated rings. The summed E-state index contributed by atoms with van der Waals surface area (Å²) in [5.74, 6) is -3.30. The number of amides is 1. The van der Waals surface area contributed by atoms with Crippen molar-refractivity contribution in [3.63, 3.8) is 0 Å². The Balaban J connectivity index is 1.17. The van der Waals surface area contributed by atoms with Gasteiger partial charge in [-0.3, -0.25) is 13.9 Å². The number of anilines is 2. The standard InChI is InChI=1S/C38H43F6N7O6S/c1-4-25(57-58(53,54)21-7-8-21)35(52)51-20-6-9-24(51)32-18(3)56-34-26-31(29(41)30(46-34)22-12-23(45)28(40)17(2)27(22)38(42,43)44)47-36(48-33(26)50(32)15-20)55-16-37-10-5-11-49(37)14-19(39)13-37/h12,18-21,24-25,32H,4-11,13-16,45H2,1-3H3/t18-,19+,20+,24-,25+,32+,37-/m0/s1. The Morgan fingerprint density at radius 2 is 1.88 bits per heavy atom. The highest BCUT2D eigenvalue weighted by atomic mass is 32.2. The van der Waals surface area contributed by atoms with Gasteiger partial charge in [0.05, 0.1) is 34.1 Å². The lowest BCUT2D eigenvalue weighted by atomic mass is 9.95. The van der Waals surface area contributed by atoms with Crippen LogP contribution < -0.4 is 20.1 Å². The Hall–Kier alpha value is -4.17. The SMILES string of the molecule is CC[C@@H](OS(=O)(=O)C1CC1)C(=O)N1[C@@H]2CC[C@H]1[C@H]1[C@H](C)Oc3nc(-c4cc(N)c(F)c(C)c4C(F)(F)F)c(F)c4nc(OC[C@@]56CCCN5C[C@H](F)C6)nc(c34)N1C2. The molecule has 58 heavy (non-hydrogen) atoms. The Kier molecular flexibility index (Phi) is 9.27. The van der Waals surface area contributed by atoms with Crippen molar-refractivity contribution >= 4 is 38.4 Å². The Morgan fingerprint density at radius 1 is 1.12 bits per heavy atom. The smallest absolute Gasteiger partial charge is 0.417 e. The third-order valence-electron chi connectivity index (χ3n) is 12.9. The number of hydrogen-bond acceptors (Lipinski definition) is 12. The first-order valence-corrected chi connectivity index (χ1v) is 21.2. The van der Waals surface area contributed by atoms with Gasteiger partial charge in [-0.25, -0.2) is 18.2 Å². The average Bonchev–Trinajstić information content (AvgIpc) is 3.84. The lowest BCUT2D eigenvalue weighted by molar-refractivity contribution is -0.143. The highest BCUT2D eigenvalue weighted by Gasteiger charge is 2.55. The van der Waals surface area contributed by atoms with Crippen molar-refractivity contribution in [2.45, 2.75) is 126 Å². The molecule has 0 radical (unpaired) electrons. The number of piperazine rings is 1. The first kappa shape index (κ1) is 39.3. The van der Waals surface area contributed by atoms with Crippen molar-refractivity contribution in [3.8, 4) is 23.1 Å². The van der Waals surface area contributed by atoms with E-state index in [1.807, 2.05) is 9.80 Å². The number of pyridine rings is 1. The van der Waals surface area contributed by atoms with Crippen molar-refractivity contribution in [2.24, 2.45) is 0 Å². The molecule has 1 aromatic carbocycles. The fourth-order valence-electron chi connectivity index (χ4n) is 10.1. The van der Waals surface area contributed by atoms with Crippen LogP contribution in [0.25, 0.3) is 22.2 Å². The molecule has 5 aliphatic heterocycles. The van der Waals surface area contributed by atoms with Crippen molar-refractivity contribution in [1.29, 1.82) is 0 Å². The van der Waals surface area contributed by atoms with E-state index >= 15 is 4.39 Å². The maximum absolute atomic E-state index is 17.1. The zero-order chi connectivity index (χ0) is 41.2. The highest BCUT2D eigenvalue weighted by molar-refractivity contribution is 7.87. The molecule has 0 unspecified atom stereocenters. The molecule has 4 saturated heterocycles. The summed E-state index contributed by atoms with van der Waals surface area (Å²) in [5, 5.41) is -0.699. The number of hydrogen-bond donors (Lipinski definition) is 1. The van der Waals surface area contributed by atoms with E-state index in [1.54, 1.807) is 18.7 Å². The second kappa shape index (κ2) is 13.7. The van der Waals surface area contributed by atoms with Crippen molar-refractivity contribution in [3.05, 3.63) is 28.8 Å². The molecular formula is C38H43F6N7O6S. The Labute approximate surface area is 330 Å². The third-order valence-corrected chi connectivity index (χ3v) is 14.6. The number of rotatable bonds is 9. The molecule has 0 spiro atoms. The quantitative estimate of drug-likeness (QED) is 0.166. The first-order chi connectivity index (χ1) is 27.4. The zero-order valence-corrected chi connectivity index (χ0v) is 32.8. The fraction of sp³-hybridized carbons (Fsp3) is 0.632. The minimum atomic E-state index is -5.15. The number of fused-ring (bicyclic) bond motifs is 6. The van der Waals surface area contributed by atoms with E-state index in [1.165, 1.54) is 0 Å². The van der Waals surface area contributed by atoms with Gasteiger partial charge in [-0.15, -0.1) is 0 Å². The Bertz CT molecular complexity index is 2320. The second-order valence-electron chi connectivity index (χ2n) is 16.5. The van der Waals surface area contributed by atoms with Crippen LogP contribution in [0.2, 0.25) is 0 Å². The molecule has 1 aliphatic carbocycles. The molecule has 2 N–H and O–H groups in total. The number of carbonyl (C=O) groups is 1. The summed E-state index contributed by atoms with van der Waals surface area (Å²) in [6, 6.07) is -1.38. The number of carbonyl (C=O) groups excluding carboxylic acids is 1. The van der Waals surface area contributed by atoms with Gasteiger partial charge >= 0.3 is 12.2 Å². The van der Waals surface area contributed by atoms with E-state index in [0.29, 0.717) is 44.7 Å². The molecule has 2 bridgehead atoms. The number of nitrogen functional groups attached to an aromatic ring is 1. The van der Waals surface area contributed by atoms with Gasteiger partial charge in [-0.05, 0) is 77.0 Å². The number of nitrogens with zero attached hydrogens (tertiary/aromatic N) is 6. The van der Waals surface area contributed by atoms with Crippen LogP contribution in [0.15, 0.2) is 6.07 Å². The van der Waals surface area contributed by atoms with Crippen LogP contribution in [0.3, 0.4) is 0 Å². The van der Waals surface area contributed by atoms with E-state index in [4.69, 9.17) is 24.4 Å². The minimum absolute atomic E-state index is 0.0390. The van der Waals surface area contributed by atoms with E-state index in [9.17, 15) is 35.2 Å². The molecule has 20 heteroatoms. The topological polar surface area (TPSA) is 153 Å². The van der Waals surface area contributed by atoms with E-state index in [-0.39, 0.29) is 55.6 Å². The van der Waals surface area contributed by atoms with Crippen molar-refractivity contribution < 1.29 is 53.2 Å². The molecule has 2 aromatic heterocycles. The summed E-state index contributed by atoms with van der Waals surface area (Å²) in [6.45, 7) is 5.24. The molecular weight excluding hydrogens is 797 g/mol. The molecule has 13 nitrogen and oxygen atoms in total. The van der Waals surface area contributed by atoms with Gasteiger partial charge in [0.2, 0.25) is 5.88 Å². The normalized spacial score (nSPS) is 28.7. The predicted octanol–water partition coefficient (Wildman–Crippen LogP) is 5.45. The molecule has 1 amide bonds. The van der Waals surface area contributed by atoms with Gasteiger partial charge < -0.3 is 25.0 Å². The van der Waals surface area contributed by atoms with E-state index in [0.717, 1.165) is 13.3 Å². The van der Waals surface area contributed by atoms with Gasteiger partial charge in [-0.1, -0.05) is 6.92 Å². The van der Waals surface area contributed by atoms with Crippen LogP contribution >= 0.6 is 0 Å². The molecule has 1 saturated carbocycles. The van der Waals surface area contributed by atoms with Crippen LogP contribution in [-0.4, -0.2) is 113 Å². The van der Waals surface area contributed by atoms with Gasteiger partial charge in [0, 0.05) is 31.1 Å². The number of alkyl halides is 4. The van der Waals surface area contributed by atoms with Gasteiger partial charge in [-0.2, -0.15) is 31.6 Å². The maximum Gasteiger partial charge on any atom is 0.417 e. The van der Waals surface area contributed by atoms with Gasteiger partial charge in [0.1, 0.15) is 47.1 Å². The largest absolute Gasteiger partial charge is 0.472 e. The van der Waals surface area contributed by atoms with Crippen LogP contribution in [-0.2, 0) is 25.3 Å². The fourth-order valence-corrected chi connectivity index (χ4v) is 11.5. The van der Waals surface area contributed by atoms with Crippen LogP contribution in [0.4, 0.5) is 37.8 Å². The predicted molar refractivity (Wildman–Crippen MR) is 197 cm³/mol. The van der Waals surface area contributed by atoms with Crippen LogP contribution in [0.5, 0.6) is 11.9 Å². The molecule has 7 heterocycles. The van der Waals surface area contributed by atoms with E-state index in [2.05, 4.69) is 9.97 Å². The monoisotopic (exact) mass is 839 g/mol. The third kappa shape index (κ3) is 6.21. The summed E-state index contributed by atoms with van der Waals surface area (Å²) in [7, 11) is -3.96. The van der Waals surface area contributed by atoms with Crippen molar-refractivity contribution in [1.82, 2.24) is 24.8 Å². The highest BCUT2D eigenvalue weighted by Crippen LogP contribution is 2.49. The molecule has 7 atom stereocenters. The maximum atomic E-state index is 17.1. The average molecular weight is 840 g/mol. The van der Waals surface area contributed by atoms with Gasteiger partial charge in [0.15, 0.2) is 11.9 Å². The van der Waals surface area contributed by atoms with Crippen molar-refractivity contribution in [2.75, 3.05) is 36.9 Å². The van der Waals surface area contributed by atoms with E-state index < -0.39 is 115 Å². The number of halogens is 6. The molecule has 9 rings (SSSR count). The van der Waals surface area contributed by atoms with Crippen LogP contribution in [0.1, 0.15) is 76.3 Å². The molecule has 314 valence electrons. The summed E-state index contributed by atoms with van der Waals surface area (Å²) in [6.07, 6.45) is -4.65. The zero-order valence-electron chi connectivity index (χ0n) is 32.0. The number of benzene rings is 1.